The minimum absolute atomic E-state index is 0.692. The van der Waals surface area contributed by atoms with E-state index in [0.717, 1.165) is 18.4 Å². The molecule has 1 amide bonds. The van der Waals surface area contributed by atoms with Gasteiger partial charge in [0.05, 0.1) is 0 Å². The first-order valence-corrected chi connectivity index (χ1v) is 3.18. The van der Waals surface area contributed by atoms with Gasteiger partial charge < -0.3 is 4.90 Å². The molecule has 0 aromatic rings. The van der Waals surface area contributed by atoms with E-state index in [1.165, 1.54) is 4.90 Å². The second-order valence-corrected chi connectivity index (χ2v) is 2.12. The molecule has 0 spiro atoms. The Labute approximate surface area is 61.8 Å². The Balaban J connectivity index is 4.07. The Bertz CT molecular complexity index is 161. The van der Waals surface area contributed by atoms with Crippen LogP contribution in [0.2, 0.25) is 0 Å². The van der Waals surface area contributed by atoms with E-state index >= 15 is 0 Å². The standard InChI is InChI=1S/C8H13NO/c1-5-7(2)8(3)9(4)6-10/h6H,2-3,5H2,1,4H3. The fraction of sp³-hybridized carbons (Fsp3) is 0.375. The molecule has 0 fully saturated rings. The SMILES string of the molecule is C=C(CC)C(=C)N(C)C=O. The van der Waals surface area contributed by atoms with Gasteiger partial charge in [-0.05, 0) is 12.0 Å². The van der Waals surface area contributed by atoms with E-state index in [2.05, 4.69) is 13.2 Å². The number of hydrogen-bond donors (Lipinski definition) is 0. The van der Waals surface area contributed by atoms with Crippen LogP contribution in [-0.4, -0.2) is 18.4 Å². The molecule has 10 heavy (non-hydrogen) atoms. The topological polar surface area (TPSA) is 20.3 Å². The van der Waals surface area contributed by atoms with Crippen LogP contribution in [0.15, 0.2) is 24.4 Å². The van der Waals surface area contributed by atoms with Gasteiger partial charge in [0.25, 0.3) is 0 Å². The van der Waals surface area contributed by atoms with Gasteiger partial charge in [0, 0.05) is 12.7 Å². The second kappa shape index (κ2) is 3.88. The third-order valence-corrected chi connectivity index (χ3v) is 1.42. The average Bonchev–Trinajstić information content (AvgIpc) is 2.00. The fourth-order valence-electron chi connectivity index (χ4n) is 0.517. The van der Waals surface area contributed by atoms with Crippen LogP contribution in [0.3, 0.4) is 0 Å². The highest BCUT2D eigenvalue weighted by Crippen LogP contribution is 2.10. The number of carbonyl (C=O) groups excluding carboxylic acids is 1. The van der Waals surface area contributed by atoms with Crippen molar-refractivity contribution in [3.63, 3.8) is 0 Å². The first-order chi connectivity index (χ1) is 4.63. The van der Waals surface area contributed by atoms with Gasteiger partial charge in [-0.2, -0.15) is 0 Å². The summed E-state index contributed by atoms with van der Waals surface area (Å²) in [6, 6.07) is 0. The highest BCUT2D eigenvalue weighted by molar-refractivity contribution is 5.52. The lowest BCUT2D eigenvalue weighted by Gasteiger charge is -2.14. The van der Waals surface area contributed by atoms with Crippen molar-refractivity contribution in [2.45, 2.75) is 13.3 Å². The molecule has 0 saturated carbocycles. The Morgan fingerprint density at radius 1 is 1.60 bits per heavy atom. The van der Waals surface area contributed by atoms with Crippen LogP contribution in [-0.2, 0) is 4.79 Å². The number of hydrogen-bond acceptors (Lipinski definition) is 1. The van der Waals surface area contributed by atoms with Gasteiger partial charge in [0.1, 0.15) is 0 Å². The van der Waals surface area contributed by atoms with Crippen LogP contribution in [0.1, 0.15) is 13.3 Å². The van der Waals surface area contributed by atoms with E-state index in [1.54, 1.807) is 7.05 Å². The first-order valence-electron chi connectivity index (χ1n) is 3.18. The molecule has 0 atom stereocenters. The van der Waals surface area contributed by atoms with Gasteiger partial charge in [-0.15, -0.1) is 0 Å². The summed E-state index contributed by atoms with van der Waals surface area (Å²) in [5, 5.41) is 0. The molecule has 0 N–H and O–H groups in total. The van der Waals surface area contributed by atoms with Gasteiger partial charge in [0.2, 0.25) is 6.41 Å². The second-order valence-electron chi connectivity index (χ2n) is 2.12. The molecule has 0 rings (SSSR count). The van der Waals surface area contributed by atoms with Gasteiger partial charge in [-0.3, -0.25) is 4.79 Å². The lowest BCUT2D eigenvalue weighted by Crippen LogP contribution is -2.15. The van der Waals surface area contributed by atoms with Gasteiger partial charge in [-0.25, -0.2) is 0 Å². The number of carbonyl (C=O) groups is 1. The monoisotopic (exact) mass is 139 g/mol. The van der Waals surface area contributed by atoms with Crippen LogP contribution in [0.25, 0.3) is 0 Å². The summed E-state index contributed by atoms with van der Waals surface area (Å²) in [5.41, 5.74) is 1.59. The molecule has 0 aliphatic carbocycles. The number of allylic oxidation sites excluding steroid dienone is 1. The molecule has 2 nitrogen and oxygen atoms in total. The third kappa shape index (κ3) is 2.05. The fourth-order valence-corrected chi connectivity index (χ4v) is 0.517. The van der Waals surface area contributed by atoms with E-state index in [0.29, 0.717) is 5.70 Å². The summed E-state index contributed by atoms with van der Waals surface area (Å²) < 4.78 is 0. The quantitative estimate of drug-likeness (QED) is 0.427. The summed E-state index contributed by atoms with van der Waals surface area (Å²) in [7, 11) is 1.66. The van der Waals surface area contributed by atoms with E-state index in [-0.39, 0.29) is 0 Å². The molecule has 0 unspecified atom stereocenters. The Hall–Kier alpha value is -1.05. The Morgan fingerprint density at radius 3 is 2.40 bits per heavy atom. The summed E-state index contributed by atoms with van der Waals surface area (Å²) in [5.74, 6) is 0. The van der Waals surface area contributed by atoms with Gasteiger partial charge in [0.15, 0.2) is 0 Å². The van der Waals surface area contributed by atoms with Crippen molar-refractivity contribution >= 4 is 6.41 Å². The number of amides is 1. The molecule has 0 radical (unpaired) electrons. The summed E-state index contributed by atoms with van der Waals surface area (Å²) >= 11 is 0. The smallest absolute Gasteiger partial charge is 0.213 e. The molecular formula is C8H13NO. The maximum atomic E-state index is 10.2. The van der Waals surface area contributed by atoms with Crippen LogP contribution in [0.5, 0.6) is 0 Å². The predicted molar refractivity (Wildman–Crippen MR) is 42.4 cm³/mol. The number of rotatable bonds is 4. The highest BCUT2D eigenvalue weighted by Gasteiger charge is 2.01. The lowest BCUT2D eigenvalue weighted by atomic mass is 10.2. The zero-order valence-corrected chi connectivity index (χ0v) is 6.55. The van der Waals surface area contributed by atoms with Crippen molar-refractivity contribution in [2.24, 2.45) is 0 Å². The number of likely N-dealkylation sites (N-methyl/N-ethyl adjacent to an activating group) is 1. The summed E-state index contributed by atoms with van der Waals surface area (Å²) in [6.45, 7) is 9.41. The summed E-state index contributed by atoms with van der Waals surface area (Å²) in [6.07, 6.45) is 1.56. The van der Waals surface area contributed by atoms with Crippen molar-refractivity contribution < 1.29 is 4.79 Å². The Kier molecular flexibility index (Phi) is 3.47. The maximum Gasteiger partial charge on any atom is 0.213 e. The van der Waals surface area contributed by atoms with E-state index in [1.807, 2.05) is 6.92 Å². The third-order valence-electron chi connectivity index (χ3n) is 1.42. The molecule has 0 aliphatic heterocycles. The van der Waals surface area contributed by atoms with E-state index < -0.39 is 0 Å². The van der Waals surface area contributed by atoms with Crippen LogP contribution < -0.4 is 0 Å². The van der Waals surface area contributed by atoms with Crippen molar-refractivity contribution in [3.05, 3.63) is 24.4 Å². The molecule has 0 heterocycles. The zero-order chi connectivity index (χ0) is 8.15. The normalized spacial score (nSPS) is 8.60. The van der Waals surface area contributed by atoms with Crippen LogP contribution in [0, 0.1) is 0 Å². The molecule has 0 aliphatic rings. The molecule has 0 saturated heterocycles. The molecule has 56 valence electrons. The van der Waals surface area contributed by atoms with Crippen LogP contribution in [0.4, 0.5) is 0 Å². The van der Waals surface area contributed by atoms with Crippen molar-refractivity contribution in [3.8, 4) is 0 Å². The van der Waals surface area contributed by atoms with Crippen molar-refractivity contribution in [1.82, 2.24) is 4.90 Å². The van der Waals surface area contributed by atoms with Crippen LogP contribution >= 0.6 is 0 Å². The van der Waals surface area contributed by atoms with E-state index in [4.69, 9.17) is 0 Å². The highest BCUT2D eigenvalue weighted by atomic mass is 16.1. The minimum atomic E-state index is 0.692. The average molecular weight is 139 g/mol. The summed E-state index contributed by atoms with van der Waals surface area (Å²) in [4.78, 5) is 11.6. The lowest BCUT2D eigenvalue weighted by molar-refractivity contribution is -0.115. The first kappa shape index (κ1) is 8.95. The Morgan fingerprint density at radius 2 is 2.10 bits per heavy atom. The predicted octanol–water partition coefficient (Wildman–Crippen LogP) is 1.55. The minimum Gasteiger partial charge on any atom is -0.318 e. The van der Waals surface area contributed by atoms with Gasteiger partial charge in [-0.1, -0.05) is 20.1 Å². The molecule has 2 heteroatoms. The molecule has 0 aromatic carbocycles. The maximum absolute atomic E-state index is 10.2. The van der Waals surface area contributed by atoms with Crippen molar-refractivity contribution in [1.29, 1.82) is 0 Å². The molecule has 0 bridgehead atoms. The van der Waals surface area contributed by atoms with E-state index in [9.17, 15) is 4.79 Å². The van der Waals surface area contributed by atoms with Gasteiger partial charge >= 0.3 is 0 Å². The zero-order valence-electron chi connectivity index (χ0n) is 6.55. The molecular weight excluding hydrogens is 126 g/mol. The van der Waals surface area contributed by atoms with Crippen molar-refractivity contribution in [2.75, 3.05) is 7.05 Å². The largest absolute Gasteiger partial charge is 0.318 e. The molecule has 0 aromatic heterocycles. The number of nitrogens with zero attached hydrogens (tertiary/aromatic N) is 1.